The first kappa shape index (κ1) is 18.9. The van der Waals surface area contributed by atoms with Crippen LogP contribution < -0.4 is 5.32 Å². The normalized spacial score (nSPS) is 11.1. The van der Waals surface area contributed by atoms with E-state index in [1.165, 1.54) is 19.1 Å². The molecule has 0 radical (unpaired) electrons. The summed E-state index contributed by atoms with van der Waals surface area (Å²) in [6.45, 7) is 0.890. The lowest BCUT2D eigenvalue weighted by Crippen LogP contribution is -2.43. The molecule has 0 bridgehead atoms. The molecule has 26 heavy (non-hydrogen) atoms. The number of ether oxygens (including phenoxy) is 1. The van der Waals surface area contributed by atoms with Crippen LogP contribution in [0.5, 0.6) is 0 Å². The molecule has 0 aliphatic rings. The molecule has 6 heteroatoms. The van der Waals surface area contributed by atoms with E-state index in [4.69, 9.17) is 10.00 Å². The molecule has 1 N–H and O–H groups in total. The molecule has 0 fully saturated rings. The van der Waals surface area contributed by atoms with Crippen molar-refractivity contribution in [3.05, 3.63) is 71.3 Å². The van der Waals surface area contributed by atoms with Crippen molar-refractivity contribution in [3.8, 4) is 6.07 Å². The first-order valence-electron chi connectivity index (χ1n) is 8.00. The van der Waals surface area contributed by atoms with Gasteiger partial charge < -0.3 is 10.1 Å². The van der Waals surface area contributed by atoms with Crippen molar-refractivity contribution in [2.45, 2.75) is 19.4 Å². The van der Waals surface area contributed by atoms with Crippen LogP contribution in [0.3, 0.4) is 0 Å². The first-order chi connectivity index (χ1) is 12.5. The molecule has 2 aromatic carbocycles. The van der Waals surface area contributed by atoms with Crippen molar-refractivity contribution in [2.24, 2.45) is 0 Å². The van der Waals surface area contributed by atoms with Crippen LogP contribution in [0.4, 0.5) is 0 Å². The summed E-state index contributed by atoms with van der Waals surface area (Å²) < 4.78 is 4.95. The van der Waals surface area contributed by atoms with Crippen LogP contribution in [0, 0.1) is 11.3 Å². The minimum Gasteiger partial charge on any atom is -0.452 e. The number of nitrogens with one attached hydrogen (secondary N) is 1. The minimum absolute atomic E-state index is 0.184. The molecule has 0 aliphatic heterocycles. The van der Waals surface area contributed by atoms with Crippen LogP contribution in [-0.4, -0.2) is 30.3 Å². The molecular weight excluding hydrogens is 332 g/mol. The maximum atomic E-state index is 12.0. The van der Waals surface area contributed by atoms with E-state index < -0.39 is 24.5 Å². The molecule has 2 rings (SSSR count). The number of carbonyl (C=O) groups is 3. The fraction of sp³-hybridized carbons (Fsp3) is 0.200. The second kappa shape index (κ2) is 9.14. The predicted octanol–water partition coefficient (Wildman–Crippen LogP) is 2.03. The molecule has 1 amide bonds. The molecule has 0 unspecified atom stereocenters. The second-order valence-electron chi connectivity index (χ2n) is 5.69. The number of rotatable bonds is 7. The van der Waals surface area contributed by atoms with Crippen molar-refractivity contribution in [1.82, 2.24) is 5.32 Å². The Morgan fingerprint density at radius 1 is 1.12 bits per heavy atom. The molecule has 2 aromatic rings. The van der Waals surface area contributed by atoms with Gasteiger partial charge in [0.15, 0.2) is 12.4 Å². The lowest BCUT2D eigenvalue weighted by atomic mass is 10.0. The molecule has 0 saturated carbocycles. The highest BCUT2D eigenvalue weighted by molar-refractivity contribution is 5.92. The summed E-state index contributed by atoms with van der Waals surface area (Å²) in [5.41, 5.74) is 1.42. The highest BCUT2D eigenvalue weighted by atomic mass is 16.5. The van der Waals surface area contributed by atoms with E-state index in [1.54, 1.807) is 12.1 Å². The van der Waals surface area contributed by atoms with Gasteiger partial charge >= 0.3 is 5.97 Å². The van der Waals surface area contributed by atoms with Crippen molar-refractivity contribution >= 4 is 17.7 Å². The number of benzene rings is 2. The number of esters is 1. The molecule has 1 atom stereocenters. The van der Waals surface area contributed by atoms with Crippen LogP contribution in [-0.2, 0) is 20.7 Å². The molecular formula is C20H18N2O4. The van der Waals surface area contributed by atoms with Crippen LogP contribution in [0.1, 0.15) is 28.4 Å². The zero-order chi connectivity index (χ0) is 18.9. The summed E-state index contributed by atoms with van der Waals surface area (Å²) in [6, 6.07) is 16.5. The Balaban J connectivity index is 1.90. The molecule has 6 nitrogen and oxygen atoms in total. The zero-order valence-corrected chi connectivity index (χ0v) is 14.3. The van der Waals surface area contributed by atoms with Crippen LogP contribution >= 0.6 is 0 Å². The number of ketones is 1. The third-order valence-electron chi connectivity index (χ3n) is 3.67. The second-order valence-corrected chi connectivity index (χ2v) is 5.69. The van der Waals surface area contributed by atoms with E-state index >= 15 is 0 Å². The Morgan fingerprint density at radius 3 is 2.50 bits per heavy atom. The van der Waals surface area contributed by atoms with Crippen molar-refractivity contribution in [3.63, 3.8) is 0 Å². The van der Waals surface area contributed by atoms with Gasteiger partial charge in [-0.25, -0.2) is 4.79 Å². The summed E-state index contributed by atoms with van der Waals surface area (Å²) in [6.07, 6.45) is 0.361. The van der Waals surface area contributed by atoms with Crippen molar-refractivity contribution in [2.75, 3.05) is 6.61 Å². The Kier molecular flexibility index (Phi) is 6.63. The van der Waals surface area contributed by atoms with Crippen molar-refractivity contribution < 1.29 is 19.1 Å². The van der Waals surface area contributed by atoms with Crippen molar-refractivity contribution in [1.29, 1.82) is 5.26 Å². The highest BCUT2D eigenvalue weighted by Gasteiger charge is 2.19. The van der Waals surface area contributed by atoms with E-state index in [-0.39, 0.29) is 11.3 Å². The monoisotopic (exact) mass is 350 g/mol. The van der Waals surface area contributed by atoms with Gasteiger partial charge in [-0.2, -0.15) is 5.26 Å². The molecule has 0 saturated heterocycles. The Labute approximate surface area is 151 Å². The fourth-order valence-electron chi connectivity index (χ4n) is 2.31. The smallest absolute Gasteiger partial charge is 0.338 e. The maximum absolute atomic E-state index is 12.0. The lowest BCUT2D eigenvalue weighted by Gasteiger charge is -2.16. The topological polar surface area (TPSA) is 96.3 Å². The molecule has 132 valence electrons. The standard InChI is InChI=1S/C20H18N2O4/c1-14(23)18(11-15-6-3-2-4-7-15)22-19(24)13-26-20(25)17-9-5-8-16(10-17)12-21/h2-10,18H,11,13H2,1H3,(H,22,24)/t18-/m0/s1. The summed E-state index contributed by atoms with van der Waals surface area (Å²) >= 11 is 0. The van der Waals surface area contributed by atoms with Crippen LogP contribution in [0.15, 0.2) is 54.6 Å². The van der Waals surface area contributed by atoms with Gasteiger partial charge in [0.1, 0.15) is 0 Å². The number of hydrogen-bond donors (Lipinski definition) is 1. The lowest BCUT2D eigenvalue weighted by molar-refractivity contribution is -0.128. The largest absolute Gasteiger partial charge is 0.452 e. The zero-order valence-electron chi connectivity index (χ0n) is 14.3. The van der Waals surface area contributed by atoms with Crippen LogP contribution in [0.25, 0.3) is 0 Å². The van der Waals surface area contributed by atoms with E-state index in [9.17, 15) is 14.4 Å². The van der Waals surface area contributed by atoms with E-state index in [1.807, 2.05) is 36.4 Å². The summed E-state index contributed by atoms with van der Waals surface area (Å²) in [4.78, 5) is 35.7. The molecule has 0 aliphatic carbocycles. The van der Waals surface area contributed by atoms with E-state index in [0.717, 1.165) is 5.56 Å². The number of Topliss-reactive ketones (excluding diaryl/α,β-unsaturated/α-hetero) is 1. The number of amides is 1. The van der Waals surface area contributed by atoms with Gasteiger partial charge in [-0.15, -0.1) is 0 Å². The quantitative estimate of drug-likeness (QED) is 0.771. The number of carbonyl (C=O) groups excluding carboxylic acids is 3. The van der Waals surface area contributed by atoms with E-state index in [0.29, 0.717) is 12.0 Å². The number of hydrogen-bond acceptors (Lipinski definition) is 5. The Bertz CT molecular complexity index is 840. The summed E-state index contributed by atoms with van der Waals surface area (Å²) in [5, 5.41) is 11.4. The minimum atomic E-state index is -0.709. The third kappa shape index (κ3) is 5.56. The fourth-order valence-corrected chi connectivity index (χ4v) is 2.31. The third-order valence-corrected chi connectivity index (χ3v) is 3.67. The first-order valence-corrected chi connectivity index (χ1v) is 8.00. The maximum Gasteiger partial charge on any atom is 0.338 e. The van der Waals surface area contributed by atoms with Gasteiger partial charge in [0, 0.05) is 0 Å². The Hall–Kier alpha value is -3.46. The Morgan fingerprint density at radius 2 is 1.85 bits per heavy atom. The van der Waals surface area contributed by atoms with Gasteiger partial charge in [-0.1, -0.05) is 36.4 Å². The van der Waals surface area contributed by atoms with Gasteiger partial charge in [0.2, 0.25) is 0 Å². The van der Waals surface area contributed by atoms with Gasteiger partial charge in [0.05, 0.1) is 23.2 Å². The molecule has 0 spiro atoms. The highest BCUT2D eigenvalue weighted by Crippen LogP contribution is 2.07. The molecule has 0 aromatic heterocycles. The van der Waals surface area contributed by atoms with Crippen LogP contribution in [0.2, 0.25) is 0 Å². The number of nitriles is 1. The van der Waals surface area contributed by atoms with Gasteiger partial charge in [-0.05, 0) is 37.1 Å². The number of nitrogens with zero attached hydrogens (tertiary/aromatic N) is 1. The van der Waals surface area contributed by atoms with Gasteiger partial charge in [-0.3, -0.25) is 9.59 Å². The summed E-state index contributed by atoms with van der Waals surface area (Å²) in [7, 11) is 0. The predicted molar refractivity (Wildman–Crippen MR) is 94.2 cm³/mol. The van der Waals surface area contributed by atoms with E-state index in [2.05, 4.69) is 5.32 Å². The summed E-state index contributed by atoms with van der Waals surface area (Å²) in [5.74, 6) is -1.46. The molecule has 0 heterocycles. The average molecular weight is 350 g/mol. The van der Waals surface area contributed by atoms with Gasteiger partial charge in [0.25, 0.3) is 5.91 Å². The average Bonchev–Trinajstić information content (AvgIpc) is 2.66. The SMILES string of the molecule is CC(=O)[C@H](Cc1ccccc1)NC(=O)COC(=O)c1cccc(C#N)c1.